The number of carbonyl (C=O) groups excluding carboxylic acids is 3. The lowest BCUT2D eigenvalue weighted by Gasteiger charge is -2.34. The second kappa shape index (κ2) is 7.73. The average molecular weight is 318 g/mol. The number of nitrogens with two attached hydrogens (primary N) is 1. The Morgan fingerprint density at radius 2 is 1.61 bits per heavy atom. The molecule has 23 heavy (non-hydrogen) atoms. The highest BCUT2D eigenvalue weighted by Crippen LogP contribution is 2.10. The summed E-state index contributed by atoms with van der Waals surface area (Å²) >= 11 is 0. The van der Waals surface area contributed by atoms with Gasteiger partial charge in [0.15, 0.2) is 0 Å². The Hall–Kier alpha value is -2.41. The van der Waals surface area contributed by atoms with E-state index in [1.807, 2.05) is 31.2 Å². The minimum Gasteiger partial charge on any atom is -0.346 e. The molecule has 0 bridgehead atoms. The molecule has 1 saturated heterocycles. The maximum absolute atomic E-state index is 12.4. The van der Waals surface area contributed by atoms with E-state index < -0.39 is 0 Å². The minimum absolute atomic E-state index is 0.0199. The van der Waals surface area contributed by atoms with Gasteiger partial charge in [-0.2, -0.15) is 0 Å². The predicted molar refractivity (Wildman–Crippen MR) is 85.7 cm³/mol. The third-order valence-electron chi connectivity index (χ3n) is 3.84. The Bertz CT molecular complexity index is 577. The van der Waals surface area contributed by atoms with Gasteiger partial charge in [-0.3, -0.25) is 14.4 Å². The smallest absolute Gasteiger partial charge is 0.253 e. The molecule has 1 aliphatic heterocycles. The molecular weight excluding hydrogens is 296 g/mol. The maximum atomic E-state index is 12.4. The summed E-state index contributed by atoms with van der Waals surface area (Å²) in [7, 11) is 0. The second-order valence-corrected chi connectivity index (χ2v) is 5.52. The molecule has 1 aromatic rings. The molecule has 1 fully saturated rings. The van der Waals surface area contributed by atoms with E-state index >= 15 is 0 Å². The van der Waals surface area contributed by atoms with Crippen LogP contribution in [0.1, 0.15) is 15.9 Å². The van der Waals surface area contributed by atoms with Gasteiger partial charge in [0.05, 0.1) is 13.1 Å². The van der Waals surface area contributed by atoms with Crippen molar-refractivity contribution in [1.29, 1.82) is 0 Å². The van der Waals surface area contributed by atoms with Crippen LogP contribution in [0.5, 0.6) is 0 Å². The third-order valence-corrected chi connectivity index (χ3v) is 3.84. The molecule has 7 heteroatoms. The van der Waals surface area contributed by atoms with Gasteiger partial charge in [-0.15, -0.1) is 0 Å². The zero-order chi connectivity index (χ0) is 16.8. The predicted octanol–water partition coefficient (Wildman–Crippen LogP) is -0.646. The first-order valence-corrected chi connectivity index (χ1v) is 7.61. The molecule has 0 radical (unpaired) electrons. The van der Waals surface area contributed by atoms with Crippen molar-refractivity contribution in [3.63, 3.8) is 0 Å². The van der Waals surface area contributed by atoms with E-state index in [9.17, 15) is 14.4 Å². The molecule has 0 aromatic heterocycles. The molecule has 1 heterocycles. The lowest BCUT2D eigenvalue weighted by atomic mass is 10.1. The highest BCUT2D eigenvalue weighted by Gasteiger charge is 2.24. The van der Waals surface area contributed by atoms with E-state index in [1.54, 1.807) is 9.80 Å². The van der Waals surface area contributed by atoms with Crippen LogP contribution in [-0.2, 0) is 9.59 Å². The van der Waals surface area contributed by atoms with Crippen molar-refractivity contribution in [3.05, 3.63) is 35.4 Å². The summed E-state index contributed by atoms with van der Waals surface area (Å²) < 4.78 is 0. The lowest BCUT2D eigenvalue weighted by molar-refractivity contribution is -0.133. The van der Waals surface area contributed by atoms with E-state index in [-0.39, 0.29) is 30.8 Å². The van der Waals surface area contributed by atoms with Gasteiger partial charge in [-0.1, -0.05) is 17.7 Å². The molecule has 0 atom stereocenters. The highest BCUT2D eigenvalue weighted by atomic mass is 16.2. The summed E-state index contributed by atoms with van der Waals surface area (Å²) in [4.78, 5) is 38.8. The van der Waals surface area contributed by atoms with Gasteiger partial charge in [-0.25, -0.2) is 0 Å². The van der Waals surface area contributed by atoms with E-state index in [2.05, 4.69) is 5.32 Å². The third kappa shape index (κ3) is 4.53. The van der Waals surface area contributed by atoms with Gasteiger partial charge in [0.2, 0.25) is 11.8 Å². The zero-order valence-electron chi connectivity index (χ0n) is 13.2. The molecule has 0 saturated carbocycles. The minimum atomic E-state index is -0.355. The monoisotopic (exact) mass is 318 g/mol. The fourth-order valence-corrected chi connectivity index (χ4v) is 2.40. The Kier molecular flexibility index (Phi) is 5.70. The molecule has 2 rings (SSSR count). The van der Waals surface area contributed by atoms with Gasteiger partial charge in [0.1, 0.15) is 0 Å². The summed E-state index contributed by atoms with van der Waals surface area (Å²) in [5.41, 5.74) is 6.94. The lowest BCUT2D eigenvalue weighted by Crippen LogP contribution is -2.52. The van der Waals surface area contributed by atoms with Crippen LogP contribution in [0.3, 0.4) is 0 Å². The fraction of sp³-hybridized carbons (Fsp3) is 0.438. The van der Waals surface area contributed by atoms with Crippen molar-refractivity contribution in [2.24, 2.45) is 5.73 Å². The van der Waals surface area contributed by atoms with Crippen LogP contribution < -0.4 is 11.1 Å². The second-order valence-electron chi connectivity index (χ2n) is 5.52. The van der Waals surface area contributed by atoms with Crippen LogP contribution in [-0.4, -0.2) is 66.8 Å². The van der Waals surface area contributed by atoms with Gasteiger partial charge in [-0.05, 0) is 19.1 Å². The van der Waals surface area contributed by atoms with Crippen LogP contribution in [0.15, 0.2) is 24.3 Å². The molecule has 1 aromatic carbocycles. The van der Waals surface area contributed by atoms with Crippen LogP contribution in [0.25, 0.3) is 0 Å². The van der Waals surface area contributed by atoms with Crippen molar-refractivity contribution < 1.29 is 14.4 Å². The molecule has 0 spiro atoms. The van der Waals surface area contributed by atoms with E-state index in [1.165, 1.54) is 0 Å². The van der Waals surface area contributed by atoms with Crippen LogP contribution in [0.4, 0.5) is 0 Å². The largest absolute Gasteiger partial charge is 0.346 e. The topological polar surface area (TPSA) is 95.7 Å². The molecule has 3 N–H and O–H groups in total. The number of hydrogen-bond donors (Lipinski definition) is 2. The molecule has 124 valence electrons. The summed E-state index contributed by atoms with van der Waals surface area (Å²) in [6.45, 7) is 3.70. The molecule has 1 aliphatic rings. The normalized spacial score (nSPS) is 14.5. The molecule has 0 aliphatic carbocycles. The molecule has 7 nitrogen and oxygen atoms in total. The summed E-state index contributed by atoms with van der Waals surface area (Å²) in [6, 6.07) is 7.45. The zero-order valence-corrected chi connectivity index (χ0v) is 13.2. The van der Waals surface area contributed by atoms with Crippen LogP contribution >= 0.6 is 0 Å². The van der Waals surface area contributed by atoms with E-state index in [0.717, 1.165) is 5.56 Å². The highest BCUT2D eigenvalue weighted by molar-refractivity contribution is 5.94. The van der Waals surface area contributed by atoms with Gasteiger partial charge >= 0.3 is 0 Å². The van der Waals surface area contributed by atoms with Crippen molar-refractivity contribution in [1.82, 2.24) is 15.1 Å². The first kappa shape index (κ1) is 17.0. The maximum Gasteiger partial charge on any atom is 0.253 e. The van der Waals surface area contributed by atoms with Gasteiger partial charge in [0, 0.05) is 31.7 Å². The Morgan fingerprint density at radius 1 is 1.04 bits per heavy atom. The molecule has 3 amide bonds. The number of rotatable bonds is 4. The Balaban J connectivity index is 1.83. The average Bonchev–Trinajstić information content (AvgIpc) is 2.59. The Morgan fingerprint density at radius 3 is 2.17 bits per heavy atom. The first-order chi connectivity index (χ1) is 11.0. The van der Waals surface area contributed by atoms with Crippen molar-refractivity contribution in [2.45, 2.75) is 6.92 Å². The Labute approximate surface area is 135 Å². The first-order valence-electron chi connectivity index (χ1n) is 7.61. The number of benzene rings is 1. The van der Waals surface area contributed by atoms with Crippen molar-refractivity contribution in [3.8, 4) is 0 Å². The number of piperazine rings is 1. The molecular formula is C16H22N4O3. The van der Waals surface area contributed by atoms with Gasteiger partial charge in [0.25, 0.3) is 5.91 Å². The number of nitrogens with one attached hydrogen (secondary N) is 1. The van der Waals surface area contributed by atoms with Crippen molar-refractivity contribution in [2.75, 3.05) is 39.3 Å². The van der Waals surface area contributed by atoms with E-state index in [0.29, 0.717) is 31.7 Å². The number of amides is 3. The summed E-state index contributed by atoms with van der Waals surface area (Å²) in [5, 5.41) is 2.46. The fourth-order valence-electron chi connectivity index (χ4n) is 2.40. The number of carbonyl (C=O) groups is 3. The summed E-state index contributed by atoms with van der Waals surface area (Å²) in [5.74, 6) is -0.533. The van der Waals surface area contributed by atoms with E-state index in [4.69, 9.17) is 5.73 Å². The van der Waals surface area contributed by atoms with Crippen LogP contribution in [0.2, 0.25) is 0 Å². The van der Waals surface area contributed by atoms with Crippen molar-refractivity contribution >= 4 is 17.7 Å². The van der Waals surface area contributed by atoms with Gasteiger partial charge < -0.3 is 20.9 Å². The SMILES string of the molecule is Cc1ccc(C(=O)N2CCN(C(=O)CNC(=O)CN)CC2)cc1. The standard InChI is InChI=1S/C16H22N4O3/c1-12-2-4-13(5-3-12)16(23)20-8-6-19(7-9-20)15(22)11-18-14(21)10-17/h2-5H,6-11,17H2,1H3,(H,18,21). The van der Waals surface area contributed by atoms with Crippen LogP contribution in [0, 0.1) is 6.92 Å². The quantitative estimate of drug-likeness (QED) is 0.771. The number of nitrogens with zero attached hydrogens (tertiary/aromatic N) is 2. The number of aryl methyl sites for hydroxylation is 1. The number of hydrogen-bond acceptors (Lipinski definition) is 4. The molecule has 0 unspecified atom stereocenters. The summed E-state index contributed by atoms with van der Waals surface area (Å²) in [6.07, 6.45) is 0.